The summed E-state index contributed by atoms with van der Waals surface area (Å²) in [4.78, 5) is 14.0. The van der Waals surface area contributed by atoms with E-state index in [0.29, 0.717) is 5.11 Å². The van der Waals surface area contributed by atoms with E-state index < -0.39 is 0 Å². The van der Waals surface area contributed by atoms with Gasteiger partial charge in [-0.2, -0.15) is 0 Å². The number of methoxy groups -OCH3 is 1. The highest BCUT2D eigenvalue weighted by Crippen LogP contribution is 2.14. The van der Waals surface area contributed by atoms with Crippen LogP contribution in [0.1, 0.15) is 25.3 Å². The molecule has 1 atom stereocenters. The van der Waals surface area contributed by atoms with Crippen LogP contribution in [0.5, 0.6) is 5.75 Å². The van der Waals surface area contributed by atoms with Crippen LogP contribution in [-0.4, -0.2) is 48.8 Å². The summed E-state index contributed by atoms with van der Waals surface area (Å²) in [6.45, 7) is 4.28. The quantitative estimate of drug-likeness (QED) is 0.633. The summed E-state index contributed by atoms with van der Waals surface area (Å²) < 4.78 is 10.7. The van der Waals surface area contributed by atoms with Crippen LogP contribution in [0.15, 0.2) is 30.3 Å². The van der Waals surface area contributed by atoms with Crippen LogP contribution in [-0.2, 0) is 9.53 Å². The summed E-state index contributed by atoms with van der Waals surface area (Å²) in [6, 6.07) is 7.47. The lowest BCUT2D eigenvalue weighted by molar-refractivity contribution is -0.115. The lowest BCUT2D eigenvalue weighted by Gasteiger charge is -2.26. The maximum absolute atomic E-state index is 12.0. The van der Waals surface area contributed by atoms with Gasteiger partial charge in [-0.3, -0.25) is 10.1 Å². The third kappa shape index (κ3) is 5.62. The molecule has 0 aromatic heterocycles. The first kappa shape index (κ1) is 18.4. The topological polar surface area (TPSA) is 50.8 Å². The van der Waals surface area contributed by atoms with E-state index >= 15 is 0 Å². The molecule has 1 aliphatic heterocycles. The van der Waals surface area contributed by atoms with Crippen molar-refractivity contribution >= 4 is 29.3 Å². The zero-order chi connectivity index (χ0) is 17.4. The van der Waals surface area contributed by atoms with Crippen LogP contribution in [0.25, 0.3) is 6.08 Å². The average molecular weight is 348 g/mol. The Labute approximate surface area is 148 Å². The van der Waals surface area contributed by atoms with Gasteiger partial charge in [0.05, 0.1) is 13.2 Å². The molecule has 0 aliphatic carbocycles. The van der Waals surface area contributed by atoms with Gasteiger partial charge in [0, 0.05) is 25.8 Å². The first-order valence-corrected chi connectivity index (χ1v) is 8.56. The van der Waals surface area contributed by atoms with Crippen LogP contribution in [0.2, 0.25) is 0 Å². The second-order valence-electron chi connectivity index (χ2n) is 5.57. The molecule has 1 unspecified atom stereocenters. The lowest BCUT2D eigenvalue weighted by Crippen LogP contribution is -2.45. The van der Waals surface area contributed by atoms with Crippen LogP contribution in [0.4, 0.5) is 0 Å². The van der Waals surface area contributed by atoms with Gasteiger partial charge < -0.3 is 14.4 Å². The largest absolute Gasteiger partial charge is 0.497 e. The van der Waals surface area contributed by atoms with E-state index in [4.69, 9.17) is 21.7 Å². The van der Waals surface area contributed by atoms with Crippen molar-refractivity contribution in [2.75, 3.05) is 26.8 Å². The highest BCUT2D eigenvalue weighted by Gasteiger charge is 2.20. The van der Waals surface area contributed by atoms with E-state index in [-0.39, 0.29) is 12.0 Å². The van der Waals surface area contributed by atoms with Crippen molar-refractivity contribution in [2.45, 2.75) is 25.9 Å². The third-order valence-electron chi connectivity index (χ3n) is 3.89. The molecular formula is C18H24N2O3S. The van der Waals surface area contributed by atoms with E-state index in [2.05, 4.69) is 5.32 Å². The standard InChI is InChI=1S/C18H24N2O3S/c1-3-20(13-16-5-4-12-23-16)18(24)19-17(21)11-8-14-6-9-15(22-2)10-7-14/h6-11,16H,3-5,12-13H2,1-2H3,(H,19,21,24)/b11-8+. The Kier molecular flexibility index (Phi) is 7.21. The minimum Gasteiger partial charge on any atom is -0.497 e. The fourth-order valence-corrected chi connectivity index (χ4v) is 2.81. The van der Waals surface area contributed by atoms with E-state index in [1.54, 1.807) is 13.2 Å². The number of carbonyl (C=O) groups is 1. The number of thiocarbonyl (C=S) groups is 1. The SMILES string of the molecule is CCN(CC1CCCO1)C(=S)NC(=O)/C=C/c1ccc(OC)cc1. The number of ether oxygens (including phenoxy) is 2. The van der Waals surface area contributed by atoms with E-state index in [9.17, 15) is 4.79 Å². The van der Waals surface area contributed by atoms with Crippen LogP contribution >= 0.6 is 12.2 Å². The molecular weight excluding hydrogens is 324 g/mol. The van der Waals surface area contributed by atoms with Gasteiger partial charge in [0.25, 0.3) is 0 Å². The van der Waals surface area contributed by atoms with Gasteiger partial charge in [0.1, 0.15) is 5.75 Å². The van der Waals surface area contributed by atoms with E-state index in [1.165, 1.54) is 6.08 Å². The average Bonchev–Trinajstić information content (AvgIpc) is 3.11. The fraction of sp³-hybridized carbons (Fsp3) is 0.444. The Morgan fingerprint density at radius 2 is 2.21 bits per heavy atom. The van der Waals surface area contributed by atoms with Crippen molar-refractivity contribution in [2.24, 2.45) is 0 Å². The number of hydrogen-bond acceptors (Lipinski definition) is 4. The van der Waals surface area contributed by atoms with Crippen LogP contribution in [0, 0.1) is 0 Å². The second-order valence-corrected chi connectivity index (χ2v) is 5.96. The number of nitrogens with one attached hydrogen (secondary N) is 1. The van der Waals surface area contributed by atoms with Crippen LogP contribution in [0.3, 0.4) is 0 Å². The van der Waals surface area contributed by atoms with E-state index in [0.717, 1.165) is 43.9 Å². The van der Waals surface area contributed by atoms with Crippen molar-refractivity contribution in [1.82, 2.24) is 10.2 Å². The summed E-state index contributed by atoms with van der Waals surface area (Å²) in [5.41, 5.74) is 0.920. The fourth-order valence-electron chi connectivity index (χ4n) is 2.50. The van der Waals surface area contributed by atoms with Gasteiger partial charge in [0.15, 0.2) is 5.11 Å². The normalized spacial score (nSPS) is 17.0. The molecule has 0 spiro atoms. The van der Waals surface area contributed by atoms with Crippen molar-refractivity contribution in [3.8, 4) is 5.75 Å². The number of rotatable bonds is 6. The molecule has 1 saturated heterocycles. The first-order valence-electron chi connectivity index (χ1n) is 8.16. The molecule has 5 nitrogen and oxygen atoms in total. The third-order valence-corrected chi connectivity index (χ3v) is 4.25. The molecule has 2 rings (SSSR count). The lowest BCUT2D eigenvalue weighted by atomic mass is 10.2. The first-order chi connectivity index (χ1) is 11.6. The molecule has 0 bridgehead atoms. The van der Waals surface area contributed by atoms with Crippen molar-refractivity contribution in [3.05, 3.63) is 35.9 Å². The summed E-state index contributed by atoms with van der Waals surface area (Å²) in [6.07, 6.45) is 5.56. The molecule has 1 aliphatic rings. The minimum absolute atomic E-state index is 0.203. The Hall–Kier alpha value is -1.92. The van der Waals surface area contributed by atoms with Crippen LogP contribution < -0.4 is 10.1 Å². The Bertz CT molecular complexity index is 580. The molecule has 1 aromatic carbocycles. The smallest absolute Gasteiger partial charge is 0.250 e. The Morgan fingerprint density at radius 3 is 2.79 bits per heavy atom. The predicted molar refractivity (Wildman–Crippen MR) is 99.0 cm³/mol. The zero-order valence-electron chi connectivity index (χ0n) is 14.2. The van der Waals surface area contributed by atoms with Crippen molar-refractivity contribution in [3.63, 3.8) is 0 Å². The molecule has 0 saturated carbocycles. The highest BCUT2D eigenvalue weighted by molar-refractivity contribution is 7.80. The maximum Gasteiger partial charge on any atom is 0.250 e. The summed E-state index contributed by atoms with van der Waals surface area (Å²) in [7, 11) is 1.62. The van der Waals surface area contributed by atoms with Crippen molar-refractivity contribution < 1.29 is 14.3 Å². The number of amides is 1. The summed E-state index contributed by atoms with van der Waals surface area (Å²) >= 11 is 5.34. The Balaban J connectivity index is 1.84. The van der Waals surface area contributed by atoms with Crippen molar-refractivity contribution in [1.29, 1.82) is 0 Å². The maximum atomic E-state index is 12.0. The predicted octanol–water partition coefficient (Wildman–Crippen LogP) is 2.61. The van der Waals surface area contributed by atoms with Gasteiger partial charge in [-0.05, 0) is 55.8 Å². The summed E-state index contributed by atoms with van der Waals surface area (Å²) in [5, 5.41) is 3.19. The Morgan fingerprint density at radius 1 is 1.46 bits per heavy atom. The minimum atomic E-state index is -0.235. The highest BCUT2D eigenvalue weighted by atomic mass is 32.1. The second kappa shape index (κ2) is 9.39. The molecule has 130 valence electrons. The molecule has 0 radical (unpaired) electrons. The van der Waals surface area contributed by atoms with Gasteiger partial charge in [-0.1, -0.05) is 12.1 Å². The summed E-state index contributed by atoms with van der Waals surface area (Å²) in [5.74, 6) is 0.548. The van der Waals surface area contributed by atoms with Gasteiger partial charge in [0.2, 0.25) is 5.91 Å². The molecule has 1 N–H and O–H groups in total. The van der Waals surface area contributed by atoms with Gasteiger partial charge in [-0.15, -0.1) is 0 Å². The monoisotopic (exact) mass is 348 g/mol. The molecule has 1 amide bonds. The number of benzene rings is 1. The molecule has 24 heavy (non-hydrogen) atoms. The molecule has 6 heteroatoms. The number of hydrogen-bond donors (Lipinski definition) is 1. The molecule has 1 heterocycles. The number of likely N-dealkylation sites (N-methyl/N-ethyl adjacent to an activating group) is 1. The molecule has 1 aromatic rings. The van der Waals surface area contributed by atoms with Gasteiger partial charge >= 0.3 is 0 Å². The molecule has 1 fully saturated rings. The number of carbonyl (C=O) groups excluding carboxylic acids is 1. The van der Waals surface area contributed by atoms with Gasteiger partial charge in [-0.25, -0.2) is 0 Å². The zero-order valence-corrected chi connectivity index (χ0v) is 15.0. The van der Waals surface area contributed by atoms with E-state index in [1.807, 2.05) is 36.1 Å². The number of nitrogens with zero attached hydrogens (tertiary/aromatic N) is 1.